The Kier molecular flexibility index (Phi) is 5.44. The summed E-state index contributed by atoms with van der Waals surface area (Å²) in [6, 6.07) is -0.646. The number of likely N-dealkylation sites (N-methyl/N-ethyl adjacent to an activating group) is 1. The molecule has 1 atom stereocenters. The molecule has 0 bridgehead atoms. The Labute approximate surface area is 96.4 Å². The van der Waals surface area contributed by atoms with Crippen molar-refractivity contribution >= 4 is 11.9 Å². The van der Waals surface area contributed by atoms with Crippen LogP contribution in [-0.4, -0.2) is 47.7 Å². The number of hydrogen-bond acceptors (Lipinski definition) is 4. The van der Waals surface area contributed by atoms with E-state index in [2.05, 4.69) is 0 Å². The van der Waals surface area contributed by atoms with E-state index in [1.165, 1.54) is 0 Å². The van der Waals surface area contributed by atoms with Crippen LogP contribution >= 0.6 is 0 Å². The Morgan fingerprint density at radius 1 is 1.31 bits per heavy atom. The van der Waals surface area contributed by atoms with Crippen molar-refractivity contribution in [1.29, 1.82) is 0 Å². The van der Waals surface area contributed by atoms with E-state index in [0.29, 0.717) is 0 Å². The van der Waals surface area contributed by atoms with Crippen LogP contribution in [0.2, 0.25) is 0 Å². The molecule has 5 nitrogen and oxygen atoms in total. The summed E-state index contributed by atoms with van der Waals surface area (Å²) in [6.07, 6.45) is 0.379. The minimum absolute atomic E-state index is 0.117. The third-order valence-corrected chi connectivity index (χ3v) is 1.95. The molecular weight excluding hydrogens is 210 g/mol. The van der Waals surface area contributed by atoms with Crippen molar-refractivity contribution in [3.63, 3.8) is 0 Å². The minimum Gasteiger partial charge on any atom is -0.480 e. The van der Waals surface area contributed by atoms with E-state index in [1.807, 2.05) is 0 Å². The number of rotatable bonds is 5. The van der Waals surface area contributed by atoms with Crippen LogP contribution in [0.5, 0.6) is 0 Å². The molecule has 0 aromatic heterocycles. The molecule has 0 saturated carbocycles. The zero-order valence-corrected chi connectivity index (χ0v) is 10.6. The molecule has 0 aliphatic heterocycles. The Bertz CT molecular complexity index is 255. The number of carboxylic acids is 1. The van der Waals surface area contributed by atoms with Crippen molar-refractivity contribution in [3.05, 3.63) is 0 Å². The Balaban J connectivity index is 4.12. The molecule has 0 rings (SSSR count). The van der Waals surface area contributed by atoms with Gasteiger partial charge >= 0.3 is 11.9 Å². The lowest BCUT2D eigenvalue weighted by atomic mass is 10.1. The maximum atomic E-state index is 11.4. The summed E-state index contributed by atoms with van der Waals surface area (Å²) < 4.78 is 5.10. The summed E-state index contributed by atoms with van der Waals surface area (Å²) in [4.78, 5) is 23.8. The fourth-order valence-electron chi connectivity index (χ4n) is 1.25. The first-order valence-electron chi connectivity index (χ1n) is 5.24. The zero-order valence-electron chi connectivity index (χ0n) is 10.6. The SMILES string of the molecule is CN(C)[C@@H](CCC(=O)OC(C)(C)C)C(=O)O. The molecule has 0 fully saturated rings. The average Bonchev–Trinajstić information content (AvgIpc) is 1.98. The summed E-state index contributed by atoms with van der Waals surface area (Å²) in [6.45, 7) is 5.35. The molecular formula is C11H21NO4. The van der Waals surface area contributed by atoms with Crippen LogP contribution in [0.25, 0.3) is 0 Å². The quantitative estimate of drug-likeness (QED) is 0.718. The van der Waals surface area contributed by atoms with Crippen molar-refractivity contribution in [2.24, 2.45) is 0 Å². The van der Waals surface area contributed by atoms with E-state index in [-0.39, 0.29) is 18.8 Å². The fourth-order valence-corrected chi connectivity index (χ4v) is 1.25. The third kappa shape index (κ3) is 6.40. The van der Waals surface area contributed by atoms with E-state index in [9.17, 15) is 9.59 Å². The number of carboxylic acid groups (broad SMARTS) is 1. The highest BCUT2D eigenvalue weighted by Crippen LogP contribution is 2.11. The van der Waals surface area contributed by atoms with E-state index < -0.39 is 17.6 Å². The largest absolute Gasteiger partial charge is 0.480 e. The number of aliphatic carboxylic acids is 1. The van der Waals surface area contributed by atoms with E-state index in [0.717, 1.165) is 0 Å². The number of ether oxygens (including phenoxy) is 1. The first kappa shape index (κ1) is 14.9. The lowest BCUT2D eigenvalue weighted by Gasteiger charge is -2.22. The van der Waals surface area contributed by atoms with Gasteiger partial charge in [0.2, 0.25) is 0 Å². The van der Waals surface area contributed by atoms with Crippen molar-refractivity contribution in [2.45, 2.75) is 45.3 Å². The number of esters is 1. The van der Waals surface area contributed by atoms with Gasteiger partial charge in [-0.05, 0) is 41.3 Å². The Hall–Kier alpha value is -1.10. The van der Waals surface area contributed by atoms with Gasteiger partial charge in [-0.3, -0.25) is 14.5 Å². The van der Waals surface area contributed by atoms with Gasteiger partial charge in [0.15, 0.2) is 0 Å². The molecule has 0 aliphatic carbocycles. The van der Waals surface area contributed by atoms with E-state index in [1.54, 1.807) is 39.8 Å². The van der Waals surface area contributed by atoms with Crippen LogP contribution in [-0.2, 0) is 14.3 Å². The monoisotopic (exact) mass is 231 g/mol. The van der Waals surface area contributed by atoms with Gasteiger partial charge in [-0.15, -0.1) is 0 Å². The van der Waals surface area contributed by atoms with Gasteiger partial charge in [0.05, 0.1) is 0 Å². The second-order valence-corrected chi connectivity index (χ2v) is 4.94. The molecule has 0 spiro atoms. The lowest BCUT2D eigenvalue weighted by Crippen LogP contribution is -2.36. The maximum Gasteiger partial charge on any atom is 0.320 e. The summed E-state index contributed by atoms with van der Waals surface area (Å²) >= 11 is 0. The molecule has 0 aromatic rings. The highest BCUT2D eigenvalue weighted by atomic mass is 16.6. The van der Waals surface area contributed by atoms with E-state index >= 15 is 0 Å². The summed E-state index contributed by atoms with van der Waals surface area (Å²) in [5, 5.41) is 8.90. The lowest BCUT2D eigenvalue weighted by molar-refractivity contribution is -0.155. The highest BCUT2D eigenvalue weighted by Gasteiger charge is 2.23. The van der Waals surface area contributed by atoms with Crippen molar-refractivity contribution in [2.75, 3.05) is 14.1 Å². The van der Waals surface area contributed by atoms with Crippen LogP contribution in [0.15, 0.2) is 0 Å². The average molecular weight is 231 g/mol. The molecule has 0 saturated heterocycles. The van der Waals surface area contributed by atoms with Gasteiger partial charge in [-0.2, -0.15) is 0 Å². The molecule has 5 heteroatoms. The van der Waals surface area contributed by atoms with Gasteiger partial charge in [-0.25, -0.2) is 0 Å². The van der Waals surface area contributed by atoms with Crippen LogP contribution in [0.1, 0.15) is 33.6 Å². The summed E-state index contributed by atoms with van der Waals surface area (Å²) in [5.74, 6) is -1.28. The van der Waals surface area contributed by atoms with E-state index in [4.69, 9.17) is 9.84 Å². The predicted molar refractivity (Wildman–Crippen MR) is 60.2 cm³/mol. The number of hydrogen-bond donors (Lipinski definition) is 1. The van der Waals surface area contributed by atoms with Gasteiger partial charge in [0.25, 0.3) is 0 Å². The standard InChI is InChI=1S/C11H21NO4/c1-11(2,3)16-9(13)7-6-8(10(14)15)12(4)5/h8H,6-7H2,1-5H3,(H,14,15)/t8-/m0/s1. The van der Waals surface area contributed by atoms with Crippen molar-refractivity contribution in [1.82, 2.24) is 4.90 Å². The number of nitrogens with zero attached hydrogens (tertiary/aromatic N) is 1. The van der Waals surface area contributed by atoms with Crippen molar-refractivity contribution < 1.29 is 19.4 Å². The van der Waals surface area contributed by atoms with Gasteiger partial charge in [-0.1, -0.05) is 0 Å². The van der Waals surface area contributed by atoms with Gasteiger partial charge in [0.1, 0.15) is 11.6 Å². The predicted octanol–water partition coefficient (Wildman–Crippen LogP) is 1.12. The molecule has 0 aromatic carbocycles. The molecule has 0 aliphatic rings. The second-order valence-electron chi connectivity index (χ2n) is 4.94. The molecule has 1 N–H and O–H groups in total. The molecule has 94 valence electrons. The topological polar surface area (TPSA) is 66.8 Å². The van der Waals surface area contributed by atoms with Crippen LogP contribution in [0.3, 0.4) is 0 Å². The molecule has 0 heterocycles. The van der Waals surface area contributed by atoms with Crippen LogP contribution in [0, 0.1) is 0 Å². The molecule has 16 heavy (non-hydrogen) atoms. The number of carbonyl (C=O) groups excluding carboxylic acids is 1. The normalized spacial score (nSPS) is 13.6. The third-order valence-electron chi connectivity index (χ3n) is 1.95. The molecule has 0 radical (unpaired) electrons. The summed E-state index contributed by atoms with van der Waals surface area (Å²) in [7, 11) is 3.35. The Morgan fingerprint density at radius 2 is 1.81 bits per heavy atom. The van der Waals surface area contributed by atoms with Crippen LogP contribution < -0.4 is 0 Å². The first-order chi connectivity index (χ1) is 7.13. The fraction of sp³-hybridized carbons (Fsp3) is 0.818. The zero-order chi connectivity index (χ0) is 12.9. The molecule has 0 unspecified atom stereocenters. The second kappa shape index (κ2) is 5.84. The van der Waals surface area contributed by atoms with Gasteiger partial charge in [0, 0.05) is 6.42 Å². The van der Waals surface area contributed by atoms with Crippen molar-refractivity contribution in [3.8, 4) is 0 Å². The maximum absolute atomic E-state index is 11.4. The molecule has 0 amide bonds. The number of carbonyl (C=O) groups is 2. The van der Waals surface area contributed by atoms with Crippen LogP contribution in [0.4, 0.5) is 0 Å². The smallest absolute Gasteiger partial charge is 0.320 e. The Morgan fingerprint density at radius 3 is 2.12 bits per heavy atom. The summed E-state index contributed by atoms with van der Waals surface area (Å²) in [5.41, 5.74) is -0.520. The minimum atomic E-state index is -0.923. The first-order valence-corrected chi connectivity index (χ1v) is 5.24. The van der Waals surface area contributed by atoms with Gasteiger partial charge < -0.3 is 9.84 Å². The highest BCUT2D eigenvalue weighted by molar-refractivity contribution is 5.75.